The molecule has 0 spiro atoms. The average molecular weight is 188 g/mol. The molecular formula is C9H16O4. The summed E-state index contributed by atoms with van der Waals surface area (Å²) in [5, 5.41) is 18.2. The number of methoxy groups -OCH3 is 1. The molecule has 1 unspecified atom stereocenters. The van der Waals surface area contributed by atoms with Crippen molar-refractivity contribution >= 4 is 5.97 Å². The Hall–Kier alpha value is -0.610. The van der Waals surface area contributed by atoms with Gasteiger partial charge >= 0.3 is 5.97 Å². The molecule has 4 nitrogen and oxygen atoms in total. The quantitative estimate of drug-likeness (QED) is 0.679. The first-order valence-electron chi connectivity index (χ1n) is 4.51. The monoisotopic (exact) mass is 188 g/mol. The number of hydrogen-bond acceptors (Lipinski definition) is 3. The lowest BCUT2D eigenvalue weighted by atomic mass is 9.62. The summed E-state index contributed by atoms with van der Waals surface area (Å²) in [5.41, 5.74) is -0.844. The van der Waals surface area contributed by atoms with Crippen molar-refractivity contribution in [2.75, 3.05) is 7.11 Å². The van der Waals surface area contributed by atoms with Crippen molar-refractivity contribution in [2.45, 2.75) is 38.4 Å². The SMILES string of the molecule is CCC(OC)C1(C(=O)O)CC(O)C1. The third-order valence-electron chi connectivity index (χ3n) is 2.90. The maximum atomic E-state index is 11.0. The van der Waals surface area contributed by atoms with Crippen LogP contribution < -0.4 is 0 Å². The van der Waals surface area contributed by atoms with E-state index in [2.05, 4.69) is 0 Å². The van der Waals surface area contributed by atoms with Gasteiger partial charge in [0, 0.05) is 7.11 Å². The van der Waals surface area contributed by atoms with Crippen molar-refractivity contribution in [2.24, 2.45) is 5.41 Å². The molecule has 0 heterocycles. The first-order chi connectivity index (χ1) is 6.06. The normalized spacial score (nSPS) is 35.2. The third kappa shape index (κ3) is 1.56. The maximum absolute atomic E-state index is 11.0. The Morgan fingerprint density at radius 1 is 1.69 bits per heavy atom. The van der Waals surface area contributed by atoms with Crippen LogP contribution in [-0.2, 0) is 9.53 Å². The fourth-order valence-corrected chi connectivity index (χ4v) is 2.14. The standard InChI is InChI=1S/C9H16O4/c1-3-7(13-2)9(8(11)12)4-6(10)5-9/h6-7,10H,3-5H2,1-2H3,(H,11,12). The zero-order valence-corrected chi connectivity index (χ0v) is 7.99. The van der Waals surface area contributed by atoms with Gasteiger partial charge in [0.15, 0.2) is 0 Å². The van der Waals surface area contributed by atoms with E-state index in [4.69, 9.17) is 14.9 Å². The number of ether oxygens (including phenoxy) is 1. The van der Waals surface area contributed by atoms with Crippen molar-refractivity contribution in [3.8, 4) is 0 Å². The van der Waals surface area contributed by atoms with Crippen LogP contribution in [0.1, 0.15) is 26.2 Å². The van der Waals surface area contributed by atoms with Crippen LogP contribution in [0, 0.1) is 5.41 Å². The first-order valence-corrected chi connectivity index (χ1v) is 4.51. The summed E-state index contributed by atoms with van der Waals surface area (Å²) in [4.78, 5) is 11.0. The molecule has 13 heavy (non-hydrogen) atoms. The second kappa shape index (κ2) is 3.64. The summed E-state index contributed by atoms with van der Waals surface area (Å²) in [6.45, 7) is 1.89. The topological polar surface area (TPSA) is 66.8 Å². The van der Waals surface area contributed by atoms with E-state index in [1.807, 2.05) is 6.92 Å². The molecule has 0 aromatic heterocycles. The molecule has 1 atom stereocenters. The summed E-state index contributed by atoms with van der Waals surface area (Å²) >= 11 is 0. The minimum Gasteiger partial charge on any atom is -0.481 e. The minimum absolute atomic E-state index is 0.284. The molecule has 1 aliphatic carbocycles. The summed E-state index contributed by atoms with van der Waals surface area (Å²) in [5.74, 6) is -0.855. The van der Waals surface area contributed by atoms with Crippen LogP contribution >= 0.6 is 0 Å². The van der Waals surface area contributed by atoms with Crippen LogP contribution in [0.3, 0.4) is 0 Å². The molecule has 0 aromatic carbocycles. The van der Waals surface area contributed by atoms with E-state index in [0.29, 0.717) is 19.3 Å². The van der Waals surface area contributed by atoms with Gasteiger partial charge in [-0.2, -0.15) is 0 Å². The van der Waals surface area contributed by atoms with E-state index < -0.39 is 17.5 Å². The molecule has 1 fully saturated rings. The predicted octanol–water partition coefficient (Wildman–Crippen LogP) is 0.637. The zero-order chi connectivity index (χ0) is 10.1. The molecule has 0 saturated heterocycles. The van der Waals surface area contributed by atoms with Gasteiger partial charge in [0.05, 0.1) is 17.6 Å². The Balaban J connectivity index is 2.74. The highest BCUT2D eigenvalue weighted by Crippen LogP contribution is 2.46. The number of carboxylic acids is 1. The van der Waals surface area contributed by atoms with Crippen LogP contribution in [0.2, 0.25) is 0 Å². The fourth-order valence-electron chi connectivity index (χ4n) is 2.14. The highest BCUT2D eigenvalue weighted by molar-refractivity contribution is 5.77. The lowest BCUT2D eigenvalue weighted by Crippen LogP contribution is -2.54. The average Bonchev–Trinajstić information content (AvgIpc) is 2.02. The predicted molar refractivity (Wildman–Crippen MR) is 46.4 cm³/mol. The lowest BCUT2D eigenvalue weighted by Gasteiger charge is -2.46. The molecule has 1 rings (SSSR count). The van der Waals surface area contributed by atoms with Gasteiger partial charge in [-0.25, -0.2) is 0 Å². The lowest BCUT2D eigenvalue weighted by molar-refractivity contribution is -0.182. The minimum atomic E-state index is -0.855. The van der Waals surface area contributed by atoms with E-state index in [-0.39, 0.29) is 6.10 Å². The second-order valence-corrected chi connectivity index (χ2v) is 3.66. The van der Waals surface area contributed by atoms with Gasteiger partial charge in [-0.05, 0) is 19.3 Å². The fraction of sp³-hybridized carbons (Fsp3) is 0.889. The van der Waals surface area contributed by atoms with E-state index in [1.54, 1.807) is 0 Å². The number of aliphatic hydroxyl groups excluding tert-OH is 1. The highest BCUT2D eigenvalue weighted by Gasteiger charge is 2.55. The molecule has 1 saturated carbocycles. The molecule has 0 amide bonds. The maximum Gasteiger partial charge on any atom is 0.312 e. The Kier molecular flexibility index (Phi) is 2.93. The molecule has 0 aliphatic heterocycles. The van der Waals surface area contributed by atoms with Gasteiger partial charge in [-0.3, -0.25) is 4.79 Å². The van der Waals surface area contributed by atoms with Crippen LogP contribution in [0.5, 0.6) is 0 Å². The Morgan fingerprint density at radius 2 is 2.23 bits per heavy atom. The third-order valence-corrected chi connectivity index (χ3v) is 2.90. The van der Waals surface area contributed by atoms with Crippen molar-refractivity contribution in [1.29, 1.82) is 0 Å². The molecule has 1 aliphatic rings. The first kappa shape index (κ1) is 10.5. The number of rotatable bonds is 4. The second-order valence-electron chi connectivity index (χ2n) is 3.66. The smallest absolute Gasteiger partial charge is 0.312 e. The van der Waals surface area contributed by atoms with Crippen molar-refractivity contribution in [3.63, 3.8) is 0 Å². The summed E-state index contributed by atoms with van der Waals surface area (Å²) in [6, 6.07) is 0. The number of carbonyl (C=O) groups is 1. The van der Waals surface area contributed by atoms with Crippen LogP contribution in [-0.4, -0.2) is 35.5 Å². The summed E-state index contributed by atoms with van der Waals surface area (Å²) in [6.07, 6.45) is 0.535. The van der Waals surface area contributed by atoms with Gasteiger partial charge in [0.1, 0.15) is 0 Å². The zero-order valence-electron chi connectivity index (χ0n) is 7.99. The van der Waals surface area contributed by atoms with Gasteiger partial charge in [0.2, 0.25) is 0 Å². The van der Waals surface area contributed by atoms with Gasteiger partial charge < -0.3 is 14.9 Å². The molecule has 0 bridgehead atoms. The Labute approximate surface area is 77.5 Å². The van der Waals surface area contributed by atoms with E-state index in [0.717, 1.165) is 0 Å². The largest absolute Gasteiger partial charge is 0.481 e. The Bertz CT molecular complexity index is 192. The Morgan fingerprint density at radius 3 is 2.46 bits per heavy atom. The van der Waals surface area contributed by atoms with E-state index in [9.17, 15) is 4.79 Å². The van der Waals surface area contributed by atoms with E-state index in [1.165, 1.54) is 7.11 Å². The van der Waals surface area contributed by atoms with Crippen LogP contribution in [0.25, 0.3) is 0 Å². The number of aliphatic carboxylic acids is 1. The molecule has 4 heteroatoms. The van der Waals surface area contributed by atoms with Gasteiger partial charge in [-0.15, -0.1) is 0 Å². The summed E-state index contributed by atoms with van der Waals surface area (Å²) in [7, 11) is 1.52. The number of hydrogen-bond donors (Lipinski definition) is 2. The number of aliphatic hydroxyl groups is 1. The number of carboxylic acid groups (broad SMARTS) is 1. The molecule has 76 valence electrons. The van der Waals surface area contributed by atoms with Gasteiger partial charge in [0.25, 0.3) is 0 Å². The molecule has 0 aromatic rings. The van der Waals surface area contributed by atoms with Crippen molar-refractivity contribution in [3.05, 3.63) is 0 Å². The van der Waals surface area contributed by atoms with E-state index >= 15 is 0 Å². The van der Waals surface area contributed by atoms with Crippen LogP contribution in [0.4, 0.5) is 0 Å². The van der Waals surface area contributed by atoms with Crippen molar-refractivity contribution < 1.29 is 19.7 Å². The van der Waals surface area contributed by atoms with Gasteiger partial charge in [-0.1, -0.05) is 6.92 Å². The van der Waals surface area contributed by atoms with Crippen LogP contribution in [0.15, 0.2) is 0 Å². The highest BCUT2D eigenvalue weighted by atomic mass is 16.5. The van der Waals surface area contributed by atoms with Crippen molar-refractivity contribution in [1.82, 2.24) is 0 Å². The molecule has 2 N–H and O–H groups in total. The molecular weight excluding hydrogens is 172 g/mol. The summed E-state index contributed by atoms with van der Waals surface area (Å²) < 4.78 is 5.12. The molecule has 0 radical (unpaired) electrons.